The van der Waals surface area contributed by atoms with Crippen LogP contribution in [0, 0.1) is 24.1 Å². The number of carbonyl (C=O) groups is 2. The molecule has 2 fully saturated rings. The second kappa shape index (κ2) is 8.32. The maximum Gasteiger partial charge on any atom is 0.314 e. The number of nitrogens with zero attached hydrogens (tertiary/aromatic N) is 2. The number of aliphatic carboxylic acids is 1. The second-order valence-electron chi connectivity index (χ2n) is 7.88. The van der Waals surface area contributed by atoms with E-state index in [1.165, 1.54) is 12.1 Å². The van der Waals surface area contributed by atoms with Gasteiger partial charge in [0.1, 0.15) is 11.2 Å². The average molecular weight is 404 g/mol. The number of aliphatic hydroxyl groups excluding tert-OH is 1. The Morgan fingerprint density at radius 3 is 2.66 bits per heavy atom. The van der Waals surface area contributed by atoms with E-state index >= 15 is 0 Å². The van der Waals surface area contributed by atoms with Crippen LogP contribution in [0.4, 0.5) is 10.1 Å². The van der Waals surface area contributed by atoms with Crippen molar-refractivity contribution in [1.29, 1.82) is 0 Å². The number of benzene rings is 1. The third-order valence-corrected chi connectivity index (χ3v) is 5.78. The summed E-state index contributed by atoms with van der Waals surface area (Å²) in [4.78, 5) is 27.0. The van der Waals surface area contributed by atoms with Crippen molar-refractivity contribution in [2.75, 3.05) is 18.0 Å². The minimum Gasteiger partial charge on any atom is -0.483 e. The molecule has 0 unspecified atom stereocenters. The lowest BCUT2D eigenvalue weighted by Crippen LogP contribution is -2.56. The SMILES string of the molecule is Cc1cc(N2CC[C@H](O)[C@@](CC3CC3)(C(=O)O)C2)c2cc(F)ccc2n1.O=CO. The number of hydrogen-bond donors (Lipinski definition) is 3. The van der Waals surface area contributed by atoms with Gasteiger partial charge in [-0.3, -0.25) is 14.6 Å². The number of pyridine rings is 1. The first-order chi connectivity index (χ1) is 13.8. The Hall–Kier alpha value is -2.74. The van der Waals surface area contributed by atoms with Gasteiger partial charge in [-0.25, -0.2) is 4.39 Å². The molecule has 3 N–H and O–H groups in total. The van der Waals surface area contributed by atoms with Crippen molar-refractivity contribution in [2.24, 2.45) is 11.3 Å². The maximum atomic E-state index is 13.8. The van der Waals surface area contributed by atoms with E-state index in [2.05, 4.69) is 4.98 Å². The molecular formula is C21H25FN2O5. The smallest absolute Gasteiger partial charge is 0.314 e. The van der Waals surface area contributed by atoms with Gasteiger partial charge in [0.2, 0.25) is 0 Å². The highest BCUT2D eigenvalue weighted by molar-refractivity contribution is 5.92. The molecule has 2 aromatic rings. The summed E-state index contributed by atoms with van der Waals surface area (Å²) in [6.45, 7) is 2.39. The lowest BCUT2D eigenvalue weighted by atomic mass is 9.73. The molecule has 0 bridgehead atoms. The molecule has 1 aliphatic heterocycles. The van der Waals surface area contributed by atoms with E-state index in [9.17, 15) is 19.4 Å². The molecule has 1 aromatic carbocycles. The van der Waals surface area contributed by atoms with E-state index in [0.717, 1.165) is 24.2 Å². The number of halogens is 1. The number of anilines is 1. The van der Waals surface area contributed by atoms with Crippen molar-refractivity contribution in [1.82, 2.24) is 4.98 Å². The van der Waals surface area contributed by atoms with Crippen LogP contribution >= 0.6 is 0 Å². The number of aryl methyl sites for hydroxylation is 1. The molecule has 0 amide bonds. The number of fused-ring (bicyclic) bond motifs is 1. The minimum absolute atomic E-state index is 0.231. The van der Waals surface area contributed by atoms with E-state index in [1.807, 2.05) is 17.9 Å². The molecule has 1 aliphatic carbocycles. The number of aliphatic hydroxyl groups is 1. The summed E-state index contributed by atoms with van der Waals surface area (Å²) in [7, 11) is 0. The van der Waals surface area contributed by atoms with Gasteiger partial charge in [-0.05, 0) is 49.9 Å². The fraction of sp³-hybridized carbons (Fsp3) is 0.476. The lowest BCUT2D eigenvalue weighted by Gasteiger charge is -2.44. The monoisotopic (exact) mass is 404 g/mol. The molecule has 2 aliphatic rings. The predicted molar refractivity (Wildman–Crippen MR) is 105 cm³/mol. The fourth-order valence-electron chi connectivity index (χ4n) is 4.19. The van der Waals surface area contributed by atoms with Gasteiger partial charge in [-0.1, -0.05) is 12.8 Å². The highest BCUT2D eigenvalue weighted by atomic mass is 19.1. The molecule has 29 heavy (non-hydrogen) atoms. The van der Waals surface area contributed by atoms with Crippen LogP contribution in [0.1, 0.15) is 31.4 Å². The Balaban J connectivity index is 0.000000755. The quantitative estimate of drug-likeness (QED) is 0.672. The Kier molecular flexibility index (Phi) is 6.02. The molecule has 4 rings (SSSR count). The largest absolute Gasteiger partial charge is 0.483 e. The highest BCUT2D eigenvalue weighted by Gasteiger charge is 2.51. The van der Waals surface area contributed by atoms with E-state index in [1.54, 1.807) is 6.07 Å². The standard InChI is InChI=1S/C20H23FN2O3.CH2O2/c1-12-8-17(15-9-14(21)4-5-16(15)22-12)23-7-6-18(24)20(11-23,19(25)26)10-13-2-3-13;2-1-3/h4-5,8-9,13,18,24H,2-3,6-7,10-11H2,1H3,(H,25,26);1H,(H,2,3)/t18-,20-;/m0./s1. The van der Waals surface area contributed by atoms with E-state index in [-0.39, 0.29) is 18.8 Å². The van der Waals surface area contributed by atoms with Crippen molar-refractivity contribution in [3.05, 3.63) is 35.8 Å². The van der Waals surface area contributed by atoms with Gasteiger partial charge in [0, 0.05) is 29.9 Å². The Morgan fingerprint density at radius 1 is 1.34 bits per heavy atom. The van der Waals surface area contributed by atoms with Crippen LogP contribution in [0.15, 0.2) is 24.3 Å². The van der Waals surface area contributed by atoms with Crippen LogP contribution in [0.2, 0.25) is 0 Å². The van der Waals surface area contributed by atoms with Crippen LogP contribution in [0.25, 0.3) is 10.9 Å². The van der Waals surface area contributed by atoms with Gasteiger partial charge >= 0.3 is 5.97 Å². The number of aromatic nitrogens is 1. The highest BCUT2D eigenvalue weighted by Crippen LogP contribution is 2.46. The van der Waals surface area contributed by atoms with E-state index < -0.39 is 17.5 Å². The van der Waals surface area contributed by atoms with Crippen LogP contribution in [0.5, 0.6) is 0 Å². The van der Waals surface area contributed by atoms with Crippen LogP contribution in [-0.2, 0) is 9.59 Å². The molecule has 0 radical (unpaired) electrons. The lowest BCUT2D eigenvalue weighted by molar-refractivity contribution is -0.158. The minimum atomic E-state index is -1.17. The first kappa shape index (κ1) is 21.0. The summed E-state index contributed by atoms with van der Waals surface area (Å²) < 4.78 is 13.8. The molecule has 0 spiro atoms. The Labute approximate surface area is 167 Å². The van der Waals surface area contributed by atoms with Gasteiger partial charge in [-0.2, -0.15) is 0 Å². The van der Waals surface area contributed by atoms with Gasteiger partial charge in [0.05, 0.1) is 11.6 Å². The molecule has 1 saturated heterocycles. The fourth-order valence-corrected chi connectivity index (χ4v) is 4.19. The summed E-state index contributed by atoms with van der Waals surface area (Å²) in [6.07, 6.45) is 2.09. The first-order valence-corrected chi connectivity index (χ1v) is 9.62. The van der Waals surface area contributed by atoms with E-state index in [4.69, 9.17) is 9.90 Å². The molecule has 7 nitrogen and oxygen atoms in total. The van der Waals surface area contributed by atoms with Gasteiger partial charge in [0.15, 0.2) is 0 Å². The molecular weight excluding hydrogens is 379 g/mol. The van der Waals surface area contributed by atoms with Crippen molar-refractivity contribution in [2.45, 2.75) is 38.7 Å². The Morgan fingerprint density at radius 2 is 2.03 bits per heavy atom. The van der Waals surface area contributed by atoms with Crippen LogP contribution in [0.3, 0.4) is 0 Å². The summed E-state index contributed by atoms with van der Waals surface area (Å²) in [6, 6.07) is 6.36. The van der Waals surface area contributed by atoms with Gasteiger partial charge in [0.25, 0.3) is 6.47 Å². The summed E-state index contributed by atoms with van der Waals surface area (Å²) >= 11 is 0. The summed E-state index contributed by atoms with van der Waals surface area (Å²) in [5, 5.41) is 28.1. The second-order valence-corrected chi connectivity index (χ2v) is 7.88. The van der Waals surface area contributed by atoms with Crippen LogP contribution < -0.4 is 4.90 Å². The number of carboxylic acid groups (broad SMARTS) is 2. The zero-order chi connectivity index (χ0) is 21.2. The average Bonchev–Trinajstić information content (AvgIpc) is 3.48. The van der Waals surface area contributed by atoms with Gasteiger partial charge < -0.3 is 20.2 Å². The first-order valence-electron chi connectivity index (χ1n) is 9.62. The maximum absolute atomic E-state index is 13.8. The number of carboxylic acids is 1. The van der Waals surface area contributed by atoms with Crippen molar-refractivity contribution in [3.8, 4) is 0 Å². The molecule has 8 heteroatoms. The zero-order valence-electron chi connectivity index (χ0n) is 16.2. The van der Waals surface area contributed by atoms with E-state index in [0.29, 0.717) is 36.2 Å². The Bertz CT molecular complexity index is 917. The van der Waals surface area contributed by atoms with Gasteiger partial charge in [-0.15, -0.1) is 0 Å². The topological polar surface area (TPSA) is 111 Å². The van der Waals surface area contributed by atoms with Crippen molar-refractivity contribution in [3.63, 3.8) is 0 Å². The normalized spacial score (nSPS) is 24.0. The molecule has 1 saturated carbocycles. The third-order valence-electron chi connectivity index (χ3n) is 5.78. The van der Waals surface area contributed by atoms with Crippen LogP contribution in [-0.4, -0.2) is 51.9 Å². The van der Waals surface area contributed by atoms with Crippen molar-refractivity contribution >= 4 is 29.0 Å². The third kappa shape index (κ3) is 4.32. The molecule has 156 valence electrons. The molecule has 1 aromatic heterocycles. The zero-order valence-corrected chi connectivity index (χ0v) is 16.2. The number of hydrogen-bond acceptors (Lipinski definition) is 5. The number of rotatable bonds is 4. The summed E-state index contributed by atoms with van der Waals surface area (Å²) in [5.74, 6) is -0.902. The predicted octanol–water partition coefficient (Wildman–Crippen LogP) is 2.83. The molecule has 2 atom stereocenters. The number of piperidine rings is 1. The van der Waals surface area contributed by atoms with Crippen molar-refractivity contribution < 1.29 is 29.3 Å². The summed E-state index contributed by atoms with van der Waals surface area (Å²) in [5.41, 5.74) is 1.11. The molecule has 2 heterocycles.